The van der Waals surface area contributed by atoms with E-state index in [0.29, 0.717) is 13.0 Å². The Bertz CT molecular complexity index is 429. The highest BCUT2D eigenvalue weighted by Gasteiger charge is 2.32. The summed E-state index contributed by atoms with van der Waals surface area (Å²) in [4.78, 5) is 0. The average Bonchev–Trinajstić information content (AvgIpc) is 2.34. The third kappa shape index (κ3) is 4.54. The quantitative estimate of drug-likeness (QED) is 0.623. The van der Waals surface area contributed by atoms with Gasteiger partial charge in [0, 0.05) is 6.61 Å². The largest absolute Gasteiger partial charge is 0.376 e. The number of ether oxygens (including phenoxy) is 1. The maximum Gasteiger partial charge on any atom is 0.123 e. The van der Waals surface area contributed by atoms with E-state index in [1.807, 2.05) is 19.9 Å². The van der Waals surface area contributed by atoms with Crippen LogP contribution in [0.1, 0.15) is 38.8 Å². The summed E-state index contributed by atoms with van der Waals surface area (Å²) in [6.07, 6.45) is 0.701. The van der Waals surface area contributed by atoms with E-state index in [9.17, 15) is 4.39 Å². The minimum absolute atomic E-state index is 0.0121. The van der Waals surface area contributed by atoms with E-state index < -0.39 is 0 Å². The number of hydrazine groups is 1. The van der Waals surface area contributed by atoms with Gasteiger partial charge in [0.15, 0.2) is 0 Å². The Morgan fingerprint density at radius 2 is 2.00 bits per heavy atom. The molecule has 0 aliphatic heterocycles. The third-order valence-corrected chi connectivity index (χ3v) is 3.52. The number of benzene rings is 1. The first-order valence-electron chi connectivity index (χ1n) is 7.12. The molecule has 0 spiro atoms. The molecule has 4 heteroatoms. The third-order valence-electron chi connectivity index (χ3n) is 3.52. The average molecular weight is 282 g/mol. The Kier molecular flexibility index (Phi) is 6.11. The first-order chi connectivity index (χ1) is 9.29. The molecule has 3 N–H and O–H groups in total. The highest BCUT2D eigenvalue weighted by atomic mass is 19.1. The van der Waals surface area contributed by atoms with Crippen molar-refractivity contribution in [3.63, 3.8) is 0 Å². The summed E-state index contributed by atoms with van der Waals surface area (Å²) in [7, 11) is 0. The van der Waals surface area contributed by atoms with Gasteiger partial charge in [-0.25, -0.2) is 4.39 Å². The highest BCUT2D eigenvalue weighted by Crippen LogP contribution is 2.27. The van der Waals surface area contributed by atoms with Crippen LogP contribution in [0, 0.1) is 18.2 Å². The summed E-state index contributed by atoms with van der Waals surface area (Å²) in [5, 5.41) is 0. The second kappa shape index (κ2) is 7.16. The maximum absolute atomic E-state index is 13.2. The summed E-state index contributed by atoms with van der Waals surface area (Å²) in [5.41, 5.74) is 4.86. The zero-order chi connectivity index (χ0) is 15.3. The van der Waals surface area contributed by atoms with Crippen LogP contribution in [0.3, 0.4) is 0 Å². The van der Waals surface area contributed by atoms with Crippen molar-refractivity contribution >= 4 is 0 Å². The van der Waals surface area contributed by atoms with E-state index in [1.165, 1.54) is 6.07 Å². The van der Waals surface area contributed by atoms with Crippen molar-refractivity contribution in [1.29, 1.82) is 0 Å². The Morgan fingerprint density at radius 3 is 2.45 bits per heavy atom. The Morgan fingerprint density at radius 1 is 1.35 bits per heavy atom. The molecular formula is C16H27FN2O. The summed E-state index contributed by atoms with van der Waals surface area (Å²) in [6, 6.07) is 4.85. The summed E-state index contributed by atoms with van der Waals surface area (Å²) in [5.74, 6) is 5.52. The predicted octanol–water partition coefficient (Wildman–Crippen LogP) is 2.96. The van der Waals surface area contributed by atoms with Crippen LogP contribution in [-0.4, -0.2) is 18.8 Å². The fourth-order valence-electron chi connectivity index (χ4n) is 2.53. The lowest BCUT2D eigenvalue weighted by Gasteiger charge is -2.36. The van der Waals surface area contributed by atoms with Gasteiger partial charge in [0.05, 0.1) is 12.1 Å². The van der Waals surface area contributed by atoms with Crippen LogP contribution in [0.4, 0.5) is 4.39 Å². The number of nitrogens with two attached hydrogens (primary N) is 1. The second-order valence-electron chi connectivity index (χ2n) is 6.29. The van der Waals surface area contributed by atoms with Gasteiger partial charge in [-0.15, -0.1) is 0 Å². The molecule has 2 atom stereocenters. The van der Waals surface area contributed by atoms with Crippen LogP contribution in [0.25, 0.3) is 0 Å². The first kappa shape index (κ1) is 17.1. The molecule has 0 aliphatic rings. The minimum atomic E-state index is -0.208. The van der Waals surface area contributed by atoms with Gasteiger partial charge in [-0.3, -0.25) is 11.3 Å². The summed E-state index contributed by atoms with van der Waals surface area (Å²) in [6.45, 7) is 10.9. The Balaban J connectivity index is 2.94. The normalized spacial score (nSPS) is 15.2. The highest BCUT2D eigenvalue weighted by molar-refractivity contribution is 5.27. The number of nitrogens with one attached hydrogen (secondary N) is 1. The van der Waals surface area contributed by atoms with Crippen molar-refractivity contribution in [2.45, 2.75) is 53.2 Å². The van der Waals surface area contributed by atoms with Crippen molar-refractivity contribution in [3.8, 4) is 0 Å². The molecule has 0 aliphatic carbocycles. The molecule has 20 heavy (non-hydrogen) atoms. The van der Waals surface area contributed by atoms with Gasteiger partial charge in [0.1, 0.15) is 5.82 Å². The number of aryl methyl sites for hydroxylation is 1. The topological polar surface area (TPSA) is 47.3 Å². The summed E-state index contributed by atoms with van der Waals surface area (Å²) < 4.78 is 19.0. The minimum Gasteiger partial charge on any atom is -0.376 e. The van der Waals surface area contributed by atoms with Gasteiger partial charge in [-0.05, 0) is 48.9 Å². The van der Waals surface area contributed by atoms with E-state index in [2.05, 4.69) is 26.2 Å². The van der Waals surface area contributed by atoms with Gasteiger partial charge in [0.2, 0.25) is 0 Å². The molecule has 0 saturated carbocycles. The first-order valence-corrected chi connectivity index (χ1v) is 7.12. The zero-order valence-electron chi connectivity index (χ0n) is 13.2. The molecule has 2 unspecified atom stereocenters. The molecule has 114 valence electrons. The van der Waals surface area contributed by atoms with Gasteiger partial charge < -0.3 is 4.74 Å². The molecule has 0 amide bonds. The van der Waals surface area contributed by atoms with E-state index in [1.54, 1.807) is 6.07 Å². The van der Waals surface area contributed by atoms with E-state index >= 15 is 0 Å². The van der Waals surface area contributed by atoms with Crippen LogP contribution in [-0.2, 0) is 11.2 Å². The van der Waals surface area contributed by atoms with Crippen LogP contribution in [0.5, 0.6) is 0 Å². The molecule has 0 fully saturated rings. The molecule has 0 saturated heterocycles. The molecule has 0 heterocycles. The molecule has 3 nitrogen and oxygen atoms in total. The molecule has 1 aromatic carbocycles. The zero-order valence-corrected chi connectivity index (χ0v) is 13.2. The molecule has 1 rings (SSSR count). The standard InChI is InChI=1S/C16H27FN2O/c1-6-20-15(16(3,4)5)14(19-18)10-12-7-8-13(17)9-11(12)2/h7-9,14-15,19H,6,10,18H2,1-5H3. The lowest BCUT2D eigenvalue weighted by molar-refractivity contribution is -0.0356. The van der Waals surface area contributed by atoms with E-state index in [4.69, 9.17) is 10.6 Å². The van der Waals surface area contributed by atoms with Gasteiger partial charge >= 0.3 is 0 Å². The summed E-state index contributed by atoms with van der Waals surface area (Å²) >= 11 is 0. The van der Waals surface area contributed by atoms with E-state index in [-0.39, 0.29) is 23.4 Å². The number of halogens is 1. The molecule has 1 aromatic rings. The lowest BCUT2D eigenvalue weighted by Crippen LogP contribution is -2.52. The van der Waals surface area contributed by atoms with Gasteiger partial charge in [-0.1, -0.05) is 26.8 Å². The Labute approximate surface area is 121 Å². The monoisotopic (exact) mass is 282 g/mol. The van der Waals surface area contributed by atoms with Crippen LogP contribution >= 0.6 is 0 Å². The molecule has 0 aromatic heterocycles. The molecular weight excluding hydrogens is 255 g/mol. The second-order valence-corrected chi connectivity index (χ2v) is 6.29. The van der Waals surface area contributed by atoms with Gasteiger partial charge in [-0.2, -0.15) is 0 Å². The van der Waals surface area contributed by atoms with Crippen LogP contribution in [0.15, 0.2) is 18.2 Å². The van der Waals surface area contributed by atoms with E-state index in [0.717, 1.165) is 11.1 Å². The van der Waals surface area contributed by atoms with Crippen molar-refractivity contribution < 1.29 is 9.13 Å². The van der Waals surface area contributed by atoms with Crippen molar-refractivity contribution in [1.82, 2.24) is 5.43 Å². The fraction of sp³-hybridized carbons (Fsp3) is 0.625. The smallest absolute Gasteiger partial charge is 0.123 e. The fourth-order valence-corrected chi connectivity index (χ4v) is 2.53. The number of hydrogen-bond acceptors (Lipinski definition) is 3. The predicted molar refractivity (Wildman–Crippen MR) is 80.8 cm³/mol. The Hall–Kier alpha value is -0.970. The van der Waals surface area contributed by atoms with Crippen LogP contribution < -0.4 is 11.3 Å². The number of rotatable bonds is 6. The molecule has 0 bridgehead atoms. The SMILES string of the molecule is CCOC(C(Cc1ccc(F)cc1C)NN)C(C)(C)C. The van der Waals surface area contributed by atoms with Gasteiger partial charge in [0.25, 0.3) is 0 Å². The van der Waals surface area contributed by atoms with Crippen LogP contribution in [0.2, 0.25) is 0 Å². The molecule has 0 radical (unpaired) electrons. The maximum atomic E-state index is 13.2. The number of hydrogen-bond donors (Lipinski definition) is 2. The lowest BCUT2D eigenvalue weighted by atomic mass is 9.82. The van der Waals surface area contributed by atoms with Crippen molar-refractivity contribution in [2.24, 2.45) is 11.3 Å². The van der Waals surface area contributed by atoms with Crippen molar-refractivity contribution in [2.75, 3.05) is 6.61 Å². The van der Waals surface area contributed by atoms with Crippen molar-refractivity contribution in [3.05, 3.63) is 35.1 Å².